The molecule has 1 saturated heterocycles. The van der Waals surface area contributed by atoms with Gasteiger partial charge in [-0.05, 0) is 82.5 Å². The zero-order valence-electron chi connectivity index (χ0n) is 18.7. The summed E-state index contributed by atoms with van der Waals surface area (Å²) in [7, 11) is 0. The number of hydrogen-bond acceptors (Lipinski definition) is 6. The molecule has 0 radical (unpaired) electrons. The van der Waals surface area contributed by atoms with E-state index in [4.69, 9.17) is 9.97 Å². The van der Waals surface area contributed by atoms with Crippen LogP contribution in [0, 0.1) is 0 Å². The number of piperidine rings is 1. The molecule has 0 spiro atoms. The molecule has 1 saturated carbocycles. The minimum Gasteiger partial charge on any atom is -0.340 e. The average molecular weight is 444 g/mol. The lowest BCUT2D eigenvalue weighted by molar-refractivity contribution is 0.166. The van der Waals surface area contributed by atoms with Crippen molar-refractivity contribution in [2.75, 3.05) is 18.4 Å². The molecule has 1 atom stereocenters. The van der Waals surface area contributed by atoms with E-state index in [1.807, 2.05) is 23.6 Å². The van der Waals surface area contributed by atoms with Crippen molar-refractivity contribution in [3.05, 3.63) is 53.3 Å². The van der Waals surface area contributed by atoms with Crippen LogP contribution in [0.3, 0.4) is 0 Å². The highest BCUT2D eigenvalue weighted by Gasteiger charge is 2.27. The molecule has 2 fully saturated rings. The molecule has 32 heavy (non-hydrogen) atoms. The van der Waals surface area contributed by atoms with Gasteiger partial charge in [0, 0.05) is 47.4 Å². The number of fused-ring (bicyclic) bond motifs is 2. The summed E-state index contributed by atoms with van der Waals surface area (Å²) in [6.45, 7) is 6.83. The summed E-state index contributed by atoms with van der Waals surface area (Å²) in [5, 5.41) is 5.98. The van der Waals surface area contributed by atoms with Crippen molar-refractivity contribution in [3.8, 4) is 0 Å². The van der Waals surface area contributed by atoms with Crippen LogP contribution in [0.2, 0.25) is 0 Å². The van der Waals surface area contributed by atoms with Gasteiger partial charge in [0.05, 0.1) is 20.7 Å². The molecule has 1 unspecified atom stereocenters. The highest BCUT2D eigenvalue weighted by atomic mass is 32.1. The lowest BCUT2D eigenvalue weighted by Crippen LogP contribution is -2.39. The first-order valence-corrected chi connectivity index (χ1v) is 12.6. The van der Waals surface area contributed by atoms with E-state index < -0.39 is 0 Å². The van der Waals surface area contributed by atoms with Gasteiger partial charge in [-0.25, -0.2) is 9.97 Å². The number of thiazole rings is 1. The Morgan fingerprint density at radius 3 is 2.78 bits per heavy atom. The van der Waals surface area contributed by atoms with Crippen LogP contribution < -0.4 is 5.32 Å². The normalized spacial score (nSPS) is 19.8. The molecule has 1 aromatic carbocycles. The number of aromatic nitrogens is 3. The Balaban J connectivity index is 1.35. The Morgan fingerprint density at radius 1 is 1.03 bits per heavy atom. The maximum absolute atomic E-state index is 5.15. The van der Waals surface area contributed by atoms with E-state index in [1.54, 1.807) is 0 Å². The molecule has 6 heteroatoms. The van der Waals surface area contributed by atoms with Gasteiger partial charge in [0.15, 0.2) is 0 Å². The van der Waals surface area contributed by atoms with Crippen molar-refractivity contribution in [2.45, 2.75) is 57.4 Å². The Hall–Kier alpha value is -2.57. The Bertz CT molecular complexity index is 1280. The fourth-order valence-electron chi connectivity index (χ4n) is 4.78. The quantitative estimate of drug-likeness (QED) is 0.384. The number of nitrogens with zero attached hydrogens (tertiary/aromatic N) is 4. The maximum Gasteiger partial charge on any atom is 0.140 e. The zero-order valence-corrected chi connectivity index (χ0v) is 19.5. The van der Waals surface area contributed by atoms with Gasteiger partial charge in [-0.2, -0.15) is 0 Å². The third kappa shape index (κ3) is 3.86. The van der Waals surface area contributed by atoms with Gasteiger partial charge in [0.2, 0.25) is 0 Å². The predicted octanol–water partition coefficient (Wildman–Crippen LogP) is 6.45. The van der Waals surface area contributed by atoms with E-state index in [9.17, 15) is 0 Å². The lowest BCUT2D eigenvalue weighted by Gasteiger charge is -2.35. The molecule has 2 aliphatic rings. The number of anilines is 2. The van der Waals surface area contributed by atoms with Gasteiger partial charge < -0.3 is 10.2 Å². The zero-order chi connectivity index (χ0) is 21.7. The van der Waals surface area contributed by atoms with Crippen LogP contribution in [0.1, 0.15) is 62.1 Å². The third-order valence-electron chi connectivity index (χ3n) is 6.81. The van der Waals surface area contributed by atoms with Gasteiger partial charge in [-0.15, -0.1) is 11.3 Å². The second-order valence-corrected chi connectivity index (χ2v) is 10.6. The third-order valence-corrected chi connectivity index (χ3v) is 8.00. The molecule has 1 N–H and O–H groups in total. The van der Waals surface area contributed by atoms with Crippen LogP contribution in [0.4, 0.5) is 11.5 Å². The first-order valence-electron chi connectivity index (χ1n) is 11.8. The molecule has 4 aromatic rings. The number of nitrogens with one attached hydrogen (secondary N) is 1. The number of pyridine rings is 2. The molecule has 0 bridgehead atoms. The molecular formula is C26H29N5S. The summed E-state index contributed by atoms with van der Waals surface area (Å²) in [5.74, 6) is 2.04. The molecule has 3 aromatic heterocycles. The van der Waals surface area contributed by atoms with Crippen LogP contribution >= 0.6 is 11.3 Å². The van der Waals surface area contributed by atoms with Crippen LogP contribution in [-0.2, 0) is 0 Å². The standard InChI is InChI=1S/C26H29N5S/c1-16(2)31-12-4-5-18(15-31)22-14-23-20(6-3-11-27-23)25(29-22)28-19-9-10-21-24(13-19)32-26(30-21)17-7-8-17/h3,6,9-11,13-14,16-18H,4-5,7-8,12,15H2,1-2H3,(H,28,29). The Labute approximate surface area is 192 Å². The van der Waals surface area contributed by atoms with Gasteiger partial charge >= 0.3 is 0 Å². The van der Waals surface area contributed by atoms with Crippen molar-refractivity contribution in [1.82, 2.24) is 19.9 Å². The molecular weight excluding hydrogens is 414 g/mol. The fourth-order valence-corrected chi connectivity index (χ4v) is 5.95. The van der Waals surface area contributed by atoms with Crippen LogP contribution in [-0.4, -0.2) is 39.0 Å². The second kappa shape index (κ2) is 8.09. The molecule has 6 rings (SSSR count). The van der Waals surface area contributed by atoms with Crippen LogP contribution in [0.25, 0.3) is 21.1 Å². The average Bonchev–Trinajstić information content (AvgIpc) is 3.58. The summed E-state index contributed by atoms with van der Waals surface area (Å²) in [6.07, 6.45) is 6.86. The number of hydrogen-bond donors (Lipinski definition) is 1. The van der Waals surface area contributed by atoms with Crippen molar-refractivity contribution in [2.24, 2.45) is 0 Å². The van der Waals surface area contributed by atoms with Gasteiger partial charge in [-0.3, -0.25) is 4.98 Å². The minimum absolute atomic E-state index is 0.447. The van der Waals surface area contributed by atoms with Gasteiger partial charge in [-0.1, -0.05) is 0 Å². The molecule has 1 aliphatic carbocycles. The number of benzene rings is 1. The Morgan fingerprint density at radius 2 is 1.94 bits per heavy atom. The summed E-state index contributed by atoms with van der Waals surface area (Å²) in [4.78, 5) is 17.2. The molecule has 1 aliphatic heterocycles. The van der Waals surface area contributed by atoms with Crippen molar-refractivity contribution >= 4 is 44.0 Å². The highest BCUT2D eigenvalue weighted by Crippen LogP contribution is 2.43. The maximum atomic E-state index is 5.15. The van der Waals surface area contributed by atoms with Crippen molar-refractivity contribution in [1.29, 1.82) is 0 Å². The highest BCUT2D eigenvalue weighted by molar-refractivity contribution is 7.18. The molecule has 4 heterocycles. The number of likely N-dealkylation sites (tertiary alicyclic amines) is 1. The van der Waals surface area contributed by atoms with Crippen LogP contribution in [0.5, 0.6) is 0 Å². The lowest BCUT2D eigenvalue weighted by atomic mass is 9.93. The summed E-state index contributed by atoms with van der Waals surface area (Å²) in [6, 6.07) is 13.3. The van der Waals surface area contributed by atoms with Gasteiger partial charge in [0.1, 0.15) is 5.82 Å². The summed E-state index contributed by atoms with van der Waals surface area (Å²) < 4.78 is 1.25. The Kier molecular flexibility index (Phi) is 5.07. The first kappa shape index (κ1) is 20.1. The van der Waals surface area contributed by atoms with E-state index in [-0.39, 0.29) is 0 Å². The molecule has 5 nitrogen and oxygen atoms in total. The largest absolute Gasteiger partial charge is 0.340 e. The topological polar surface area (TPSA) is 53.9 Å². The number of rotatable bonds is 5. The van der Waals surface area contributed by atoms with Crippen molar-refractivity contribution < 1.29 is 0 Å². The van der Waals surface area contributed by atoms with E-state index in [0.717, 1.165) is 40.2 Å². The van der Waals surface area contributed by atoms with E-state index >= 15 is 0 Å². The monoisotopic (exact) mass is 443 g/mol. The summed E-state index contributed by atoms with van der Waals surface area (Å²) in [5.41, 5.74) is 4.33. The van der Waals surface area contributed by atoms with Crippen molar-refractivity contribution in [3.63, 3.8) is 0 Å². The van der Waals surface area contributed by atoms with Gasteiger partial charge in [0.25, 0.3) is 0 Å². The molecule has 164 valence electrons. The predicted molar refractivity (Wildman–Crippen MR) is 133 cm³/mol. The fraction of sp³-hybridized carbons (Fsp3) is 0.423. The van der Waals surface area contributed by atoms with E-state index in [0.29, 0.717) is 17.9 Å². The molecule has 0 amide bonds. The first-order chi connectivity index (χ1) is 15.6. The summed E-state index contributed by atoms with van der Waals surface area (Å²) >= 11 is 1.84. The second-order valence-electron chi connectivity index (χ2n) is 9.53. The van der Waals surface area contributed by atoms with Crippen LogP contribution in [0.15, 0.2) is 42.6 Å². The van der Waals surface area contributed by atoms with E-state index in [2.05, 4.69) is 59.4 Å². The van der Waals surface area contributed by atoms with E-state index in [1.165, 1.54) is 41.9 Å². The smallest absolute Gasteiger partial charge is 0.140 e. The minimum atomic E-state index is 0.447. The SMILES string of the molecule is CC(C)N1CCCC(c2cc3ncccc3c(Nc3ccc4nc(C5CC5)sc4c3)n2)C1.